The number of ether oxygens (including phenoxy) is 1. The highest BCUT2D eigenvalue weighted by molar-refractivity contribution is 9.11. The van der Waals surface area contributed by atoms with E-state index in [1.165, 1.54) is 6.07 Å². The smallest absolute Gasteiger partial charge is 0.142 e. The van der Waals surface area contributed by atoms with Gasteiger partial charge in [0.15, 0.2) is 0 Å². The lowest BCUT2D eigenvalue weighted by molar-refractivity contribution is 0.297. The maximum atomic E-state index is 13.9. The van der Waals surface area contributed by atoms with Crippen molar-refractivity contribution in [3.8, 4) is 5.75 Å². The molecule has 0 fully saturated rings. The largest absolute Gasteiger partial charge is 0.487 e. The van der Waals surface area contributed by atoms with Crippen molar-refractivity contribution in [3.05, 3.63) is 91.1 Å². The van der Waals surface area contributed by atoms with Crippen LogP contribution >= 0.6 is 43.5 Å². The van der Waals surface area contributed by atoms with Gasteiger partial charge in [0.1, 0.15) is 18.2 Å². The monoisotopic (exact) mass is 509 g/mol. The molecule has 0 radical (unpaired) electrons. The molecule has 0 aliphatic carbocycles. The molecule has 0 atom stereocenters. The fourth-order valence-corrected chi connectivity index (χ4v) is 3.95. The summed E-state index contributed by atoms with van der Waals surface area (Å²) < 4.78 is 21.4. The van der Waals surface area contributed by atoms with E-state index in [9.17, 15) is 4.39 Å². The van der Waals surface area contributed by atoms with Crippen molar-refractivity contribution in [2.24, 2.45) is 4.99 Å². The van der Waals surface area contributed by atoms with E-state index in [2.05, 4.69) is 36.9 Å². The molecule has 3 rings (SSSR count). The Labute approximate surface area is 179 Å². The fourth-order valence-electron chi connectivity index (χ4n) is 2.40. The summed E-state index contributed by atoms with van der Waals surface area (Å²) in [5.41, 5.74) is 2.97. The summed E-state index contributed by atoms with van der Waals surface area (Å²) in [5, 5.41) is 0.663. The average molecular weight is 512 g/mol. The van der Waals surface area contributed by atoms with Gasteiger partial charge in [-0.1, -0.05) is 51.8 Å². The van der Waals surface area contributed by atoms with E-state index in [0.717, 1.165) is 25.8 Å². The van der Waals surface area contributed by atoms with E-state index in [1.807, 2.05) is 31.2 Å². The third kappa shape index (κ3) is 5.18. The first-order valence-electron chi connectivity index (χ1n) is 8.09. The number of aliphatic imine (C=N–C) groups is 1. The molecular weight excluding hydrogens is 496 g/mol. The predicted molar refractivity (Wildman–Crippen MR) is 116 cm³/mol. The topological polar surface area (TPSA) is 21.6 Å². The van der Waals surface area contributed by atoms with Crippen molar-refractivity contribution in [1.29, 1.82) is 0 Å². The highest BCUT2D eigenvalue weighted by atomic mass is 79.9. The molecule has 0 bridgehead atoms. The Morgan fingerprint density at radius 1 is 1.11 bits per heavy atom. The van der Waals surface area contributed by atoms with Crippen molar-refractivity contribution in [2.75, 3.05) is 0 Å². The summed E-state index contributed by atoms with van der Waals surface area (Å²) in [6.07, 6.45) is 1.70. The Hall–Kier alpha value is -1.69. The number of hydrogen-bond donors (Lipinski definition) is 0. The summed E-state index contributed by atoms with van der Waals surface area (Å²) >= 11 is 13.1. The van der Waals surface area contributed by atoms with E-state index in [4.69, 9.17) is 16.3 Å². The molecule has 138 valence electrons. The minimum absolute atomic E-state index is 0.115. The van der Waals surface area contributed by atoms with Crippen LogP contribution < -0.4 is 4.74 Å². The maximum Gasteiger partial charge on any atom is 0.142 e. The van der Waals surface area contributed by atoms with Crippen LogP contribution in [-0.2, 0) is 6.61 Å². The number of nitrogens with zero attached hydrogens (tertiary/aromatic N) is 1. The lowest BCUT2D eigenvalue weighted by atomic mass is 10.2. The molecule has 0 aliphatic rings. The predicted octanol–water partition coefficient (Wildman–Crippen LogP) is 7.64. The normalized spacial score (nSPS) is 11.1. The number of hydrogen-bond acceptors (Lipinski definition) is 2. The summed E-state index contributed by atoms with van der Waals surface area (Å²) in [6, 6.07) is 15.9. The van der Waals surface area contributed by atoms with E-state index in [-0.39, 0.29) is 12.4 Å². The van der Waals surface area contributed by atoms with E-state index in [1.54, 1.807) is 30.5 Å². The van der Waals surface area contributed by atoms with Crippen LogP contribution in [0.15, 0.2) is 68.5 Å². The Kier molecular flexibility index (Phi) is 6.68. The summed E-state index contributed by atoms with van der Waals surface area (Å²) in [4.78, 5) is 4.49. The van der Waals surface area contributed by atoms with Crippen LogP contribution in [0.2, 0.25) is 5.02 Å². The van der Waals surface area contributed by atoms with Gasteiger partial charge in [0, 0.05) is 26.8 Å². The molecule has 6 heteroatoms. The van der Waals surface area contributed by atoms with Gasteiger partial charge in [-0.2, -0.15) is 0 Å². The molecule has 0 saturated heterocycles. The average Bonchev–Trinajstić information content (AvgIpc) is 2.63. The molecule has 0 aliphatic heterocycles. The Bertz CT molecular complexity index is 1010. The van der Waals surface area contributed by atoms with Crippen molar-refractivity contribution >= 4 is 55.4 Å². The van der Waals surface area contributed by atoms with Crippen molar-refractivity contribution < 1.29 is 9.13 Å². The van der Waals surface area contributed by atoms with Crippen LogP contribution in [0.25, 0.3) is 0 Å². The van der Waals surface area contributed by atoms with E-state index >= 15 is 0 Å². The number of aryl methyl sites for hydroxylation is 1. The first-order valence-corrected chi connectivity index (χ1v) is 10.1. The van der Waals surface area contributed by atoms with Crippen LogP contribution in [0, 0.1) is 12.7 Å². The Morgan fingerprint density at radius 3 is 2.63 bits per heavy atom. The fraction of sp³-hybridized carbons (Fsp3) is 0.0952. The number of halogens is 4. The summed E-state index contributed by atoms with van der Waals surface area (Å²) in [6.45, 7) is 2.06. The zero-order valence-electron chi connectivity index (χ0n) is 14.3. The zero-order valence-corrected chi connectivity index (χ0v) is 18.3. The van der Waals surface area contributed by atoms with Crippen molar-refractivity contribution in [1.82, 2.24) is 0 Å². The Balaban J connectivity index is 1.89. The molecule has 3 aromatic carbocycles. The van der Waals surface area contributed by atoms with Gasteiger partial charge < -0.3 is 4.74 Å². The van der Waals surface area contributed by atoms with Gasteiger partial charge in [-0.05, 0) is 58.7 Å². The standard InChI is InChI=1S/C21H15Br2ClFNO/c1-13-6-7-17(10-19(13)24)26-11-15-8-16(22)9-18(23)21(15)27-12-14-4-2-3-5-20(14)25/h2-11H,12H2,1H3. The molecule has 0 spiro atoms. The van der Waals surface area contributed by atoms with E-state index < -0.39 is 0 Å². The third-order valence-electron chi connectivity index (χ3n) is 3.88. The minimum Gasteiger partial charge on any atom is -0.487 e. The molecule has 0 N–H and O–H groups in total. The van der Waals surface area contributed by atoms with Gasteiger partial charge in [-0.3, -0.25) is 4.99 Å². The minimum atomic E-state index is -0.296. The highest BCUT2D eigenvalue weighted by Crippen LogP contribution is 2.33. The first-order chi connectivity index (χ1) is 12.9. The lowest BCUT2D eigenvalue weighted by Crippen LogP contribution is -2.01. The number of rotatable bonds is 5. The van der Waals surface area contributed by atoms with Gasteiger partial charge in [-0.15, -0.1) is 0 Å². The van der Waals surface area contributed by atoms with Crippen LogP contribution in [0.5, 0.6) is 5.75 Å². The molecular formula is C21H15Br2ClFNO. The summed E-state index contributed by atoms with van der Waals surface area (Å²) in [7, 11) is 0. The molecule has 0 unspecified atom stereocenters. The highest BCUT2D eigenvalue weighted by Gasteiger charge is 2.11. The molecule has 27 heavy (non-hydrogen) atoms. The second kappa shape index (κ2) is 9.00. The SMILES string of the molecule is Cc1ccc(N=Cc2cc(Br)cc(Br)c2OCc2ccccc2F)cc1Cl. The molecule has 2 nitrogen and oxygen atoms in total. The van der Waals surface area contributed by atoms with Gasteiger partial charge in [-0.25, -0.2) is 4.39 Å². The summed E-state index contributed by atoms with van der Waals surface area (Å²) in [5.74, 6) is 0.290. The molecule has 0 saturated carbocycles. The van der Waals surface area contributed by atoms with Gasteiger partial charge in [0.05, 0.1) is 10.2 Å². The van der Waals surface area contributed by atoms with Crippen LogP contribution in [0.4, 0.5) is 10.1 Å². The Morgan fingerprint density at radius 2 is 1.89 bits per heavy atom. The second-order valence-electron chi connectivity index (χ2n) is 5.88. The molecule has 0 aromatic heterocycles. The first kappa shape index (κ1) is 20.1. The van der Waals surface area contributed by atoms with Crippen molar-refractivity contribution in [3.63, 3.8) is 0 Å². The van der Waals surface area contributed by atoms with Gasteiger partial charge in [0.25, 0.3) is 0 Å². The zero-order chi connectivity index (χ0) is 19.4. The van der Waals surface area contributed by atoms with E-state index in [0.29, 0.717) is 16.3 Å². The second-order valence-corrected chi connectivity index (χ2v) is 8.05. The van der Waals surface area contributed by atoms with Crippen LogP contribution in [-0.4, -0.2) is 6.21 Å². The molecule has 0 amide bonds. The van der Waals surface area contributed by atoms with Crippen molar-refractivity contribution in [2.45, 2.75) is 13.5 Å². The molecule has 3 aromatic rings. The lowest BCUT2D eigenvalue weighted by Gasteiger charge is -2.12. The van der Waals surface area contributed by atoms with Gasteiger partial charge in [0.2, 0.25) is 0 Å². The molecule has 0 heterocycles. The maximum absolute atomic E-state index is 13.9. The number of benzene rings is 3. The third-order valence-corrected chi connectivity index (χ3v) is 5.33. The van der Waals surface area contributed by atoms with Crippen LogP contribution in [0.3, 0.4) is 0 Å². The quantitative estimate of drug-likeness (QED) is 0.323. The van der Waals surface area contributed by atoms with Crippen LogP contribution in [0.1, 0.15) is 16.7 Å². The van der Waals surface area contributed by atoms with Gasteiger partial charge >= 0.3 is 0 Å².